The van der Waals surface area contributed by atoms with Crippen LogP contribution < -0.4 is 0 Å². The lowest BCUT2D eigenvalue weighted by molar-refractivity contribution is -0.139. The van der Waals surface area contributed by atoms with E-state index in [0.717, 1.165) is 15.6 Å². The topological polar surface area (TPSA) is 57.5 Å². The van der Waals surface area contributed by atoms with Crippen LogP contribution in [0.1, 0.15) is 30.6 Å². The van der Waals surface area contributed by atoms with Crippen LogP contribution in [-0.2, 0) is 4.79 Å². The Labute approximate surface area is 103 Å². The second kappa shape index (κ2) is 5.46. The Morgan fingerprint density at radius 2 is 2.12 bits per heavy atom. The van der Waals surface area contributed by atoms with Gasteiger partial charge in [0.15, 0.2) is 0 Å². The number of aliphatic hydroxyl groups is 1. The van der Waals surface area contributed by atoms with Crippen LogP contribution in [0.3, 0.4) is 0 Å². The van der Waals surface area contributed by atoms with Gasteiger partial charge in [-0.15, -0.1) is 0 Å². The molecule has 0 saturated carbocycles. The number of rotatable bonds is 4. The van der Waals surface area contributed by atoms with E-state index in [2.05, 4.69) is 15.9 Å². The Morgan fingerprint density at radius 1 is 1.50 bits per heavy atom. The van der Waals surface area contributed by atoms with E-state index < -0.39 is 12.1 Å². The molecule has 1 aromatic carbocycles. The number of benzene rings is 1. The predicted octanol–water partition coefficient (Wildman–Crippen LogP) is 2.90. The van der Waals surface area contributed by atoms with E-state index in [1.54, 1.807) is 13.0 Å². The van der Waals surface area contributed by atoms with Crippen molar-refractivity contribution in [1.29, 1.82) is 0 Å². The fourth-order valence-electron chi connectivity index (χ4n) is 1.57. The fourth-order valence-corrected chi connectivity index (χ4v) is 1.81. The maximum absolute atomic E-state index is 10.5. The van der Waals surface area contributed by atoms with Crippen molar-refractivity contribution < 1.29 is 15.0 Å². The minimum absolute atomic E-state index is 0.0315. The summed E-state index contributed by atoms with van der Waals surface area (Å²) in [5.74, 6) is -1.18. The molecular formula is C12H15BrO3. The second-order valence-electron chi connectivity index (χ2n) is 4.03. The van der Waals surface area contributed by atoms with Crippen molar-refractivity contribution in [3.8, 4) is 0 Å². The highest BCUT2D eigenvalue weighted by atomic mass is 79.9. The molecule has 4 heteroatoms. The Balaban J connectivity index is 2.83. The summed E-state index contributed by atoms with van der Waals surface area (Å²) in [7, 11) is 0. The Hall–Kier alpha value is -0.870. The highest BCUT2D eigenvalue weighted by molar-refractivity contribution is 9.10. The molecule has 0 aliphatic rings. The number of hydrogen-bond donors (Lipinski definition) is 2. The molecule has 3 nitrogen and oxygen atoms in total. The molecule has 0 aromatic heterocycles. The standard InChI is InChI=1S/C12H15BrO3/c1-7-5-9(3-4-10(7)13)12(16)8(2)6-11(14)15/h3-5,8,12,16H,6H2,1-2H3,(H,14,15). The fraction of sp³-hybridized carbons (Fsp3) is 0.417. The lowest BCUT2D eigenvalue weighted by atomic mass is 9.94. The van der Waals surface area contributed by atoms with E-state index >= 15 is 0 Å². The molecule has 0 heterocycles. The van der Waals surface area contributed by atoms with Gasteiger partial charge in [0.05, 0.1) is 12.5 Å². The summed E-state index contributed by atoms with van der Waals surface area (Å²) in [6, 6.07) is 5.54. The largest absolute Gasteiger partial charge is 0.481 e. The smallest absolute Gasteiger partial charge is 0.303 e. The van der Waals surface area contributed by atoms with E-state index in [4.69, 9.17) is 5.11 Å². The molecular weight excluding hydrogens is 272 g/mol. The highest BCUT2D eigenvalue weighted by Gasteiger charge is 2.19. The third-order valence-electron chi connectivity index (χ3n) is 2.56. The minimum atomic E-state index is -0.889. The Morgan fingerprint density at radius 3 is 2.62 bits per heavy atom. The minimum Gasteiger partial charge on any atom is -0.481 e. The first-order chi connectivity index (χ1) is 7.41. The molecule has 16 heavy (non-hydrogen) atoms. The Kier molecular flexibility index (Phi) is 4.50. The number of carboxylic acid groups (broad SMARTS) is 1. The molecule has 0 aliphatic heterocycles. The van der Waals surface area contributed by atoms with Crippen LogP contribution in [0.25, 0.3) is 0 Å². The van der Waals surface area contributed by atoms with Crippen molar-refractivity contribution in [3.63, 3.8) is 0 Å². The van der Waals surface area contributed by atoms with Gasteiger partial charge >= 0.3 is 5.97 Å². The maximum atomic E-state index is 10.5. The number of carboxylic acids is 1. The molecule has 1 rings (SSSR count). The molecule has 0 bridgehead atoms. The van der Waals surface area contributed by atoms with Crippen molar-refractivity contribution in [2.45, 2.75) is 26.4 Å². The molecule has 2 unspecified atom stereocenters. The van der Waals surface area contributed by atoms with Crippen LogP contribution in [0, 0.1) is 12.8 Å². The van der Waals surface area contributed by atoms with Crippen molar-refractivity contribution in [1.82, 2.24) is 0 Å². The summed E-state index contributed by atoms with van der Waals surface area (Å²) in [6.45, 7) is 3.67. The van der Waals surface area contributed by atoms with Gasteiger partial charge in [-0.3, -0.25) is 4.79 Å². The van der Waals surface area contributed by atoms with Crippen molar-refractivity contribution in [3.05, 3.63) is 33.8 Å². The molecule has 2 atom stereocenters. The molecule has 0 radical (unpaired) electrons. The SMILES string of the molecule is Cc1cc(C(O)C(C)CC(=O)O)ccc1Br. The summed E-state index contributed by atoms with van der Waals surface area (Å²) < 4.78 is 0.981. The molecule has 0 saturated heterocycles. The van der Waals surface area contributed by atoms with Gasteiger partial charge < -0.3 is 10.2 Å². The first-order valence-corrected chi connectivity index (χ1v) is 5.87. The van der Waals surface area contributed by atoms with Crippen LogP contribution in [0.2, 0.25) is 0 Å². The lowest BCUT2D eigenvalue weighted by Crippen LogP contribution is -2.13. The van der Waals surface area contributed by atoms with E-state index in [-0.39, 0.29) is 12.3 Å². The number of aryl methyl sites for hydroxylation is 1. The average Bonchev–Trinajstić information content (AvgIpc) is 2.20. The van der Waals surface area contributed by atoms with Crippen LogP contribution in [-0.4, -0.2) is 16.2 Å². The number of halogens is 1. The quantitative estimate of drug-likeness (QED) is 0.895. The average molecular weight is 287 g/mol. The highest BCUT2D eigenvalue weighted by Crippen LogP contribution is 2.27. The van der Waals surface area contributed by atoms with E-state index in [1.165, 1.54) is 0 Å². The normalized spacial score (nSPS) is 14.5. The van der Waals surface area contributed by atoms with Crippen molar-refractivity contribution >= 4 is 21.9 Å². The summed E-state index contributed by atoms with van der Waals surface area (Å²) in [4.78, 5) is 10.5. The van der Waals surface area contributed by atoms with Crippen LogP contribution in [0.4, 0.5) is 0 Å². The Bertz CT molecular complexity index is 390. The predicted molar refractivity (Wildman–Crippen MR) is 65.3 cm³/mol. The van der Waals surface area contributed by atoms with Crippen LogP contribution in [0.15, 0.2) is 22.7 Å². The zero-order chi connectivity index (χ0) is 12.3. The van der Waals surface area contributed by atoms with E-state index in [0.29, 0.717) is 0 Å². The number of aliphatic hydroxyl groups excluding tert-OH is 1. The van der Waals surface area contributed by atoms with Gasteiger partial charge in [0.2, 0.25) is 0 Å². The first-order valence-electron chi connectivity index (χ1n) is 5.07. The molecule has 0 spiro atoms. The van der Waals surface area contributed by atoms with Crippen LogP contribution >= 0.6 is 15.9 Å². The summed E-state index contributed by atoms with van der Waals surface area (Å²) in [5, 5.41) is 18.6. The van der Waals surface area contributed by atoms with E-state index in [1.807, 2.05) is 19.1 Å². The summed E-state index contributed by atoms with van der Waals surface area (Å²) >= 11 is 3.38. The van der Waals surface area contributed by atoms with Crippen molar-refractivity contribution in [2.75, 3.05) is 0 Å². The molecule has 0 amide bonds. The van der Waals surface area contributed by atoms with E-state index in [9.17, 15) is 9.90 Å². The van der Waals surface area contributed by atoms with Gasteiger partial charge in [-0.2, -0.15) is 0 Å². The number of hydrogen-bond acceptors (Lipinski definition) is 2. The van der Waals surface area contributed by atoms with Gasteiger partial charge in [0.1, 0.15) is 0 Å². The molecule has 1 aromatic rings. The lowest BCUT2D eigenvalue weighted by Gasteiger charge is -2.18. The summed E-state index contributed by atoms with van der Waals surface area (Å²) in [5.41, 5.74) is 1.79. The maximum Gasteiger partial charge on any atom is 0.303 e. The zero-order valence-corrected chi connectivity index (χ0v) is 10.9. The zero-order valence-electron chi connectivity index (χ0n) is 9.27. The molecule has 88 valence electrons. The monoisotopic (exact) mass is 286 g/mol. The van der Waals surface area contributed by atoms with Gasteiger partial charge in [-0.25, -0.2) is 0 Å². The van der Waals surface area contributed by atoms with Crippen LogP contribution in [0.5, 0.6) is 0 Å². The van der Waals surface area contributed by atoms with Gasteiger partial charge in [0.25, 0.3) is 0 Å². The molecule has 2 N–H and O–H groups in total. The number of carbonyl (C=O) groups is 1. The number of aliphatic carboxylic acids is 1. The first kappa shape index (κ1) is 13.2. The third kappa shape index (κ3) is 3.32. The molecule has 0 aliphatic carbocycles. The molecule has 0 fully saturated rings. The van der Waals surface area contributed by atoms with Gasteiger partial charge in [-0.05, 0) is 30.0 Å². The second-order valence-corrected chi connectivity index (χ2v) is 4.88. The third-order valence-corrected chi connectivity index (χ3v) is 3.45. The van der Waals surface area contributed by atoms with Crippen molar-refractivity contribution in [2.24, 2.45) is 5.92 Å². The van der Waals surface area contributed by atoms with Gasteiger partial charge in [0, 0.05) is 4.47 Å². The van der Waals surface area contributed by atoms with Gasteiger partial charge in [-0.1, -0.05) is 35.0 Å². The summed E-state index contributed by atoms with van der Waals surface area (Å²) in [6.07, 6.45) is -0.765.